The van der Waals surface area contributed by atoms with Gasteiger partial charge in [0.25, 0.3) is 0 Å². The molecule has 1 aliphatic heterocycles. The number of ether oxygens (including phenoxy) is 4. The van der Waals surface area contributed by atoms with Crippen LogP contribution in [0.4, 0.5) is 4.79 Å². The molecule has 1 fully saturated rings. The molecule has 0 aromatic heterocycles. The van der Waals surface area contributed by atoms with Crippen LogP contribution in [0.3, 0.4) is 0 Å². The van der Waals surface area contributed by atoms with E-state index in [-0.39, 0.29) is 42.0 Å². The summed E-state index contributed by atoms with van der Waals surface area (Å²) in [5, 5.41) is 0. The van der Waals surface area contributed by atoms with Crippen molar-refractivity contribution in [1.29, 1.82) is 0 Å². The minimum atomic E-state index is -1.44. The van der Waals surface area contributed by atoms with Gasteiger partial charge in [0.05, 0.1) is 32.3 Å². The second kappa shape index (κ2) is 16.5. The minimum absolute atomic E-state index is 0.0308. The average Bonchev–Trinajstić information content (AvgIpc) is 3.05. The minimum Gasteiger partial charge on any atom is -0.497 e. The molecular weight excluding hydrogens is 623 g/mol. The Morgan fingerprint density at radius 2 is 1.33 bits per heavy atom. The molecule has 3 aromatic rings. The summed E-state index contributed by atoms with van der Waals surface area (Å²) in [5.41, 5.74) is 2.89. The predicted molar refractivity (Wildman–Crippen MR) is 191 cm³/mol. The van der Waals surface area contributed by atoms with Crippen LogP contribution in [0.1, 0.15) is 51.3 Å². The molecule has 1 amide bonds. The van der Waals surface area contributed by atoms with Crippen LogP contribution in [0.15, 0.2) is 78.9 Å². The number of nitrogens with zero attached hydrogens (tertiary/aromatic N) is 1. The van der Waals surface area contributed by atoms with Gasteiger partial charge in [0.2, 0.25) is 5.91 Å². The van der Waals surface area contributed by atoms with E-state index in [1.807, 2.05) is 59.5 Å². The fourth-order valence-electron chi connectivity index (χ4n) is 6.94. The van der Waals surface area contributed by atoms with E-state index in [0.717, 1.165) is 28.2 Å². The van der Waals surface area contributed by atoms with Crippen molar-refractivity contribution in [2.45, 2.75) is 91.5 Å². The van der Waals surface area contributed by atoms with Gasteiger partial charge < -0.3 is 28.3 Å². The summed E-state index contributed by atoms with van der Waals surface area (Å²) < 4.78 is 28.8. The number of carbonyl (C=O) groups excluding carboxylic acids is 2. The van der Waals surface area contributed by atoms with Crippen molar-refractivity contribution in [1.82, 2.24) is 4.90 Å². The van der Waals surface area contributed by atoms with Crippen molar-refractivity contribution < 1.29 is 33.0 Å². The van der Waals surface area contributed by atoms with Crippen LogP contribution in [0.25, 0.3) is 0 Å². The fraction of sp³-hybridized carbons (Fsp3) is 0.487. The van der Waals surface area contributed by atoms with Crippen LogP contribution >= 0.6 is 0 Å². The third-order valence-electron chi connectivity index (χ3n) is 9.16. The van der Waals surface area contributed by atoms with Crippen molar-refractivity contribution in [3.8, 4) is 11.5 Å². The zero-order valence-electron chi connectivity index (χ0n) is 30.0. The van der Waals surface area contributed by atoms with Crippen molar-refractivity contribution in [3.05, 3.63) is 95.6 Å². The normalized spacial score (nSPS) is 18.2. The molecule has 0 aliphatic carbocycles. The summed E-state index contributed by atoms with van der Waals surface area (Å²) >= 11 is 0. The number of amides is 1. The lowest BCUT2D eigenvalue weighted by Crippen LogP contribution is -2.72. The molecular formula is C39H53NO7Si. The highest BCUT2D eigenvalue weighted by Crippen LogP contribution is 2.44. The standard InChI is InChI=1S/C39H53NO7Si/c1-26(36(39(3,4)5)47-48(8)9)35-34(27(2)46-38(42)45-25-30-13-11-10-12-14-30)37(41)40(35)31(23-28-15-19-32(43-6)20-16-28)24-29-17-21-33(44-7)22-18-29/h10-22,26-27,31,34-36,48H,23-25H2,1-9H3/t26-,27-,34-,35-,36?/m1/s1. The summed E-state index contributed by atoms with van der Waals surface area (Å²) in [6.45, 7) is 15.0. The SMILES string of the molecule is COc1ccc(CC(Cc2ccc(OC)cc2)N2C(=O)[C@H]([C@@H](C)OC(=O)OCc3ccccc3)[C@H]2[C@@H](C)C(O[SiH](C)C)C(C)(C)C)cc1. The van der Waals surface area contributed by atoms with Crippen LogP contribution in [0, 0.1) is 17.3 Å². The maximum atomic E-state index is 14.4. The molecule has 0 radical (unpaired) electrons. The Hall–Kier alpha value is -3.82. The Morgan fingerprint density at radius 3 is 1.79 bits per heavy atom. The van der Waals surface area contributed by atoms with Gasteiger partial charge in [0.15, 0.2) is 9.04 Å². The van der Waals surface area contributed by atoms with E-state index >= 15 is 0 Å². The van der Waals surface area contributed by atoms with E-state index in [0.29, 0.717) is 12.8 Å². The highest BCUT2D eigenvalue weighted by atomic mass is 28.3. The van der Waals surface area contributed by atoms with Crippen LogP contribution in [0.2, 0.25) is 13.1 Å². The Morgan fingerprint density at radius 1 is 0.812 bits per heavy atom. The van der Waals surface area contributed by atoms with Crippen LogP contribution < -0.4 is 9.47 Å². The van der Waals surface area contributed by atoms with Gasteiger partial charge in [-0.2, -0.15) is 0 Å². The molecule has 1 unspecified atom stereocenters. The molecule has 8 nitrogen and oxygen atoms in total. The number of methoxy groups -OCH3 is 2. The highest BCUT2D eigenvalue weighted by Gasteiger charge is 2.57. The van der Waals surface area contributed by atoms with Crippen molar-refractivity contribution in [2.24, 2.45) is 17.3 Å². The maximum absolute atomic E-state index is 14.4. The molecule has 1 aliphatic rings. The van der Waals surface area contributed by atoms with Gasteiger partial charge in [-0.25, -0.2) is 4.79 Å². The van der Waals surface area contributed by atoms with E-state index in [4.69, 9.17) is 23.4 Å². The molecule has 5 atom stereocenters. The Labute approximate surface area is 288 Å². The Balaban J connectivity index is 1.67. The van der Waals surface area contributed by atoms with Gasteiger partial charge in [0, 0.05) is 12.0 Å². The Bertz CT molecular complexity index is 1410. The molecule has 9 heteroatoms. The van der Waals surface area contributed by atoms with Gasteiger partial charge in [-0.05, 0) is 79.2 Å². The molecule has 0 spiro atoms. The third kappa shape index (κ3) is 9.41. The molecule has 0 bridgehead atoms. The lowest BCUT2D eigenvalue weighted by molar-refractivity contribution is -0.180. The second-order valence-corrected chi connectivity index (χ2v) is 16.6. The van der Waals surface area contributed by atoms with E-state index in [1.54, 1.807) is 21.1 Å². The topological polar surface area (TPSA) is 83.5 Å². The zero-order valence-corrected chi connectivity index (χ0v) is 31.1. The van der Waals surface area contributed by atoms with E-state index in [1.165, 1.54) is 0 Å². The van der Waals surface area contributed by atoms with Crippen LogP contribution in [-0.2, 0) is 38.1 Å². The number of β-lactam (4-membered cyclic amide) rings is 1. The molecule has 0 N–H and O–H groups in total. The van der Waals surface area contributed by atoms with Gasteiger partial charge >= 0.3 is 6.16 Å². The van der Waals surface area contributed by atoms with E-state index < -0.39 is 27.2 Å². The monoisotopic (exact) mass is 675 g/mol. The number of likely N-dealkylation sites (tertiary alicyclic amines) is 1. The summed E-state index contributed by atoms with van der Waals surface area (Å²) in [7, 11) is 1.86. The van der Waals surface area contributed by atoms with Gasteiger partial charge in [0.1, 0.15) is 24.2 Å². The van der Waals surface area contributed by atoms with Gasteiger partial charge in [-0.1, -0.05) is 82.3 Å². The number of carbonyl (C=O) groups is 2. The number of hydrogen-bond donors (Lipinski definition) is 0. The maximum Gasteiger partial charge on any atom is 0.508 e. The first kappa shape index (κ1) is 37.0. The quantitative estimate of drug-likeness (QED) is 0.0939. The first-order valence-electron chi connectivity index (χ1n) is 16.9. The zero-order chi connectivity index (χ0) is 35.0. The highest BCUT2D eigenvalue weighted by molar-refractivity contribution is 6.48. The number of hydrogen-bond acceptors (Lipinski definition) is 7. The molecule has 3 aromatic carbocycles. The van der Waals surface area contributed by atoms with Crippen molar-refractivity contribution in [2.75, 3.05) is 14.2 Å². The third-order valence-corrected chi connectivity index (χ3v) is 10.00. The summed E-state index contributed by atoms with van der Waals surface area (Å²) in [6, 6.07) is 25.1. The first-order chi connectivity index (χ1) is 22.8. The first-order valence-corrected chi connectivity index (χ1v) is 19.7. The van der Waals surface area contributed by atoms with Crippen molar-refractivity contribution in [3.63, 3.8) is 0 Å². The van der Waals surface area contributed by atoms with Crippen molar-refractivity contribution >= 4 is 21.1 Å². The summed E-state index contributed by atoms with van der Waals surface area (Å²) in [6.07, 6.45) is -0.288. The predicted octanol–water partition coefficient (Wildman–Crippen LogP) is 7.48. The largest absolute Gasteiger partial charge is 0.508 e. The second-order valence-electron chi connectivity index (χ2n) is 14.2. The summed E-state index contributed by atoms with van der Waals surface area (Å²) in [5.74, 6) is 0.955. The number of benzene rings is 3. The van der Waals surface area contributed by atoms with E-state index in [2.05, 4.69) is 65.1 Å². The average molecular weight is 676 g/mol. The molecule has 1 heterocycles. The Kier molecular flexibility index (Phi) is 12.7. The molecule has 0 saturated carbocycles. The van der Waals surface area contributed by atoms with E-state index in [9.17, 15) is 9.59 Å². The van der Waals surface area contributed by atoms with Gasteiger partial charge in [-0.3, -0.25) is 4.79 Å². The van der Waals surface area contributed by atoms with Crippen LogP contribution in [0.5, 0.6) is 11.5 Å². The van der Waals surface area contributed by atoms with Gasteiger partial charge in [-0.15, -0.1) is 0 Å². The molecule has 48 heavy (non-hydrogen) atoms. The molecule has 4 rings (SSSR count). The molecule has 1 saturated heterocycles. The summed E-state index contributed by atoms with van der Waals surface area (Å²) in [4.78, 5) is 29.3. The lowest BCUT2D eigenvalue weighted by Gasteiger charge is -2.57. The van der Waals surface area contributed by atoms with Crippen LogP contribution in [-0.4, -0.2) is 64.5 Å². The lowest BCUT2D eigenvalue weighted by atomic mass is 9.68. The smallest absolute Gasteiger partial charge is 0.497 e. The molecule has 260 valence electrons. The fourth-order valence-corrected chi connectivity index (χ4v) is 8.18. The number of rotatable bonds is 15.